The van der Waals surface area contributed by atoms with Crippen molar-refractivity contribution >= 4 is 16.1 Å². The molecule has 0 spiro atoms. The fraction of sp³-hybridized carbons (Fsp3) is 0.649. The van der Waals surface area contributed by atoms with Crippen molar-refractivity contribution in [1.29, 1.82) is 0 Å². The molecule has 0 N–H and O–H groups in total. The zero-order valence-electron chi connectivity index (χ0n) is 29.1. The first-order valence-corrected chi connectivity index (χ1v) is 18.3. The molecule has 0 bridgehead atoms. The molecule has 0 saturated carbocycles. The van der Waals surface area contributed by atoms with Crippen LogP contribution in [0.4, 0.5) is 0 Å². The highest BCUT2D eigenvalue weighted by molar-refractivity contribution is 7.86. The Balaban J connectivity index is 1.17. The second kappa shape index (κ2) is 13.9. The summed E-state index contributed by atoms with van der Waals surface area (Å²) in [5, 5.41) is 0. The van der Waals surface area contributed by atoms with Crippen molar-refractivity contribution in [3.63, 3.8) is 0 Å². The number of rotatable bonds is 11. The molecule has 0 aromatic heterocycles. The van der Waals surface area contributed by atoms with Crippen molar-refractivity contribution in [2.24, 2.45) is 11.8 Å². The zero-order chi connectivity index (χ0) is 34.2. The number of ether oxygens (including phenoxy) is 5. The Labute approximate surface area is 280 Å². The Morgan fingerprint density at radius 2 is 1.60 bits per heavy atom. The number of carbonyl (C=O) groups is 1. The molecule has 0 radical (unpaired) electrons. The molecule has 260 valence electrons. The number of hydrogen-bond donors (Lipinski definition) is 0. The molecule has 3 saturated heterocycles. The summed E-state index contributed by atoms with van der Waals surface area (Å²) >= 11 is 0. The minimum absolute atomic E-state index is 0.00286. The predicted molar refractivity (Wildman–Crippen MR) is 177 cm³/mol. The van der Waals surface area contributed by atoms with E-state index in [0.717, 1.165) is 31.2 Å². The monoisotopic (exact) mass is 672 g/mol. The maximum Gasteiger partial charge on any atom is 0.338 e. The molecule has 3 aliphatic rings. The summed E-state index contributed by atoms with van der Waals surface area (Å²) in [7, 11) is -3.89. The van der Waals surface area contributed by atoms with Gasteiger partial charge in [0.15, 0.2) is 5.79 Å². The molecule has 3 fully saturated rings. The maximum atomic E-state index is 12.9. The topological polar surface area (TPSA) is 107 Å². The number of carbonyl (C=O) groups excluding carboxylic acids is 1. The Morgan fingerprint density at radius 3 is 2.28 bits per heavy atom. The van der Waals surface area contributed by atoms with Gasteiger partial charge in [0.2, 0.25) is 0 Å². The van der Waals surface area contributed by atoms with E-state index in [0.29, 0.717) is 12.0 Å². The van der Waals surface area contributed by atoms with Crippen LogP contribution in [0.25, 0.3) is 0 Å². The molecule has 10 heteroatoms. The van der Waals surface area contributed by atoms with Crippen LogP contribution in [0.15, 0.2) is 59.5 Å². The van der Waals surface area contributed by atoms with Gasteiger partial charge >= 0.3 is 5.97 Å². The molecule has 0 unspecified atom stereocenters. The van der Waals surface area contributed by atoms with Crippen molar-refractivity contribution in [1.82, 2.24) is 0 Å². The molecule has 2 aromatic carbocycles. The van der Waals surface area contributed by atoms with Crippen LogP contribution in [0.2, 0.25) is 0 Å². The molecule has 0 amide bonds. The summed E-state index contributed by atoms with van der Waals surface area (Å²) in [5.74, 6) is -1.42. The van der Waals surface area contributed by atoms with Gasteiger partial charge in [-0.2, -0.15) is 8.42 Å². The lowest BCUT2D eigenvalue weighted by Gasteiger charge is -2.47. The first-order chi connectivity index (χ1) is 22.0. The normalized spacial score (nSPS) is 33.7. The van der Waals surface area contributed by atoms with Crippen LogP contribution in [0.1, 0.15) is 96.5 Å². The molecule has 3 heterocycles. The van der Waals surface area contributed by atoms with Gasteiger partial charge in [0.25, 0.3) is 10.1 Å². The van der Waals surface area contributed by atoms with Crippen molar-refractivity contribution < 1.29 is 41.1 Å². The number of hydrogen-bond acceptors (Lipinski definition) is 9. The van der Waals surface area contributed by atoms with Crippen LogP contribution < -0.4 is 0 Å². The Bertz CT molecular complexity index is 1480. The van der Waals surface area contributed by atoms with Crippen LogP contribution in [0.5, 0.6) is 0 Å². The molecular weight excluding hydrogens is 620 g/mol. The van der Waals surface area contributed by atoms with Gasteiger partial charge in [0, 0.05) is 18.3 Å². The molecule has 3 aliphatic heterocycles. The third kappa shape index (κ3) is 8.28. The van der Waals surface area contributed by atoms with E-state index in [1.54, 1.807) is 36.4 Å². The van der Waals surface area contributed by atoms with Crippen molar-refractivity contribution in [2.45, 2.75) is 140 Å². The summed E-state index contributed by atoms with van der Waals surface area (Å²) < 4.78 is 63.3. The molecular formula is C37H52O9S. The summed E-state index contributed by atoms with van der Waals surface area (Å²) in [6.45, 7) is 15.8. The summed E-state index contributed by atoms with van der Waals surface area (Å²) in [4.78, 5) is 12.9. The van der Waals surface area contributed by atoms with E-state index >= 15 is 0 Å². The third-order valence-corrected chi connectivity index (χ3v) is 11.7. The lowest BCUT2D eigenvalue weighted by Crippen LogP contribution is -2.53. The Morgan fingerprint density at radius 1 is 0.915 bits per heavy atom. The number of benzene rings is 2. The van der Waals surface area contributed by atoms with E-state index < -0.39 is 33.2 Å². The summed E-state index contributed by atoms with van der Waals surface area (Å²) in [5.41, 5.74) is 0.420. The van der Waals surface area contributed by atoms with E-state index in [-0.39, 0.29) is 53.7 Å². The van der Waals surface area contributed by atoms with Gasteiger partial charge < -0.3 is 23.7 Å². The minimum Gasteiger partial charge on any atom is -0.456 e. The fourth-order valence-corrected chi connectivity index (χ4v) is 8.23. The van der Waals surface area contributed by atoms with E-state index in [1.165, 1.54) is 0 Å². The van der Waals surface area contributed by atoms with Crippen LogP contribution in [-0.2, 0) is 38.0 Å². The average Bonchev–Trinajstić information content (AvgIpc) is 3.62. The quantitative estimate of drug-likeness (QED) is 0.184. The summed E-state index contributed by atoms with van der Waals surface area (Å²) in [6, 6.07) is 15.7. The number of aryl methyl sites for hydroxylation is 1. The number of esters is 1. The fourth-order valence-electron chi connectivity index (χ4n) is 7.23. The lowest BCUT2D eigenvalue weighted by molar-refractivity contribution is -0.331. The highest BCUT2D eigenvalue weighted by atomic mass is 32.2. The van der Waals surface area contributed by atoms with Gasteiger partial charge in [-0.1, -0.05) is 49.7 Å². The molecule has 0 aliphatic carbocycles. The van der Waals surface area contributed by atoms with Crippen molar-refractivity contribution in [2.75, 3.05) is 6.61 Å². The van der Waals surface area contributed by atoms with Gasteiger partial charge in [-0.3, -0.25) is 4.18 Å². The first-order valence-electron chi connectivity index (χ1n) is 16.9. The smallest absolute Gasteiger partial charge is 0.338 e. The highest BCUT2D eigenvalue weighted by Gasteiger charge is 2.53. The highest BCUT2D eigenvalue weighted by Crippen LogP contribution is 2.46. The second-order valence-electron chi connectivity index (χ2n) is 14.7. The largest absolute Gasteiger partial charge is 0.456 e. The van der Waals surface area contributed by atoms with Crippen LogP contribution in [0.3, 0.4) is 0 Å². The standard InChI is InChI=1S/C37H52O9S/c1-24-14-16-30(17-15-24)47(39,40)41-23-25(2)33-26(3)31(44-35(5,6)46-33)22-29-18-20-37(8,43-29)32-19-21-36(7,45-32)27(4)42-34(38)28-12-10-9-11-13-28/h9-17,25-27,29,31-33H,18-23H2,1-8H3/t25-,26+,27-,29-,31+,32-,33-,36+,37+/m1/s1. The molecule has 2 aromatic rings. The average molecular weight is 673 g/mol. The van der Waals surface area contributed by atoms with Crippen LogP contribution in [0, 0.1) is 18.8 Å². The first kappa shape index (κ1) is 36.0. The van der Waals surface area contributed by atoms with E-state index in [9.17, 15) is 13.2 Å². The van der Waals surface area contributed by atoms with Gasteiger partial charge in [0.1, 0.15) is 11.7 Å². The molecule has 9 nitrogen and oxygen atoms in total. The predicted octanol–water partition coefficient (Wildman–Crippen LogP) is 7.00. The van der Waals surface area contributed by atoms with Gasteiger partial charge in [-0.25, -0.2) is 4.79 Å². The third-order valence-electron chi connectivity index (χ3n) is 10.4. The van der Waals surface area contributed by atoms with Crippen molar-refractivity contribution in [3.8, 4) is 0 Å². The van der Waals surface area contributed by atoms with E-state index in [2.05, 4.69) is 13.8 Å². The van der Waals surface area contributed by atoms with Crippen LogP contribution in [-0.4, -0.2) is 68.5 Å². The molecule has 9 atom stereocenters. The van der Waals surface area contributed by atoms with E-state index in [4.69, 9.17) is 27.9 Å². The Hall–Kier alpha value is -2.34. The minimum atomic E-state index is -3.89. The Kier molecular flexibility index (Phi) is 10.6. The summed E-state index contributed by atoms with van der Waals surface area (Å²) in [6.07, 6.45) is 2.98. The van der Waals surface area contributed by atoms with Crippen LogP contribution >= 0.6 is 0 Å². The SMILES string of the molecule is Cc1ccc(S(=O)(=O)OC[C@@H](C)[C@H]2OC(C)(C)O[C@@H](C[C@H]3CC[C@@](C)([C@H]4CC[C@@](C)([C@@H](C)OC(=O)c5ccccc5)O4)O3)[C@@H]2C)cc1. The van der Waals surface area contributed by atoms with Gasteiger partial charge in [-0.05, 0) is 91.5 Å². The van der Waals surface area contributed by atoms with Gasteiger partial charge in [0.05, 0.1) is 47.1 Å². The van der Waals surface area contributed by atoms with E-state index in [1.807, 2.05) is 59.7 Å². The van der Waals surface area contributed by atoms with Gasteiger partial charge in [-0.15, -0.1) is 0 Å². The van der Waals surface area contributed by atoms with Crippen molar-refractivity contribution in [3.05, 3.63) is 65.7 Å². The second-order valence-corrected chi connectivity index (χ2v) is 16.3. The zero-order valence-corrected chi connectivity index (χ0v) is 29.9. The maximum absolute atomic E-state index is 12.9. The molecule has 5 rings (SSSR count). The molecule has 47 heavy (non-hydrogen) atoms. The lowest BCUT2D eigenvalue weighted by atomic mass is 9.85.